The maximum Gasteiger partial charge on any atom is 0.300 e. The zero-order chi connectivity index (χ0) is 22.8. The molecule has 0 saturated carbocycles. The predicted octanol–water partition coefficient (Wildman–Crippen LogP) is 5.33. The number of ether oxygens (including phenoxy) is 1. The van der Waals surface area contributed by atoms with Crippen molar-refractivity contribution in [3.05, 3.63) is 101 Å². The number of carbonyl (C=O) groups excluding carboxylic acids is 2. The third-order valence-electron chi connectivity index (χ3n) is 5.62. The van der Waals surface area contributed by atoms with Gasteiger partial charge in [-0.1, -0.05) is 42.5 Å². The summed E-state index contributed by atoms with van der Waals surface area (Å²) in [5.41, 5.74) is 3.79. The standard InChI is InChI=1S/C27H25NO4/c1-4-32-21-14-12-20(13-15-21)25(29)23-24(19-8-6-5-7-9-19)28(27(31)26(23)30)22-16-17(2)10-11-18(22)3/h5-16,24,29H,4H2,1-3H3/b25-23+. The van der Waals surface area contributed by atoms with Crippen LogP contribution in [0.1, 0.15) is 35.2 Å². The molecule has 1 unspecified atom stereocenters. The number of anilines is 1. The number of benzene rings is 3. The summed E-state index contributed by atoms with van der Waals surface area (Å²) in [6.07, 6.45) is 0. The Kier molecular flexibility index (Phi) is 5.82. The summed E-state index contributed by atoms with van der Waals surface area (Å²) in [5.74, 6) is -0.890. The minimum absolute atomic E-state index is 0.0752. The monoisotopic (exact) mass is 427 g/mol. The van der Waals surface area contributed by atoms with Gasteiger partial charge in [-0.3, -0.25) is 14.5 Å². The predicted molar refractivity (Wildman–Crippen MR) is 125 cm³/mol. The molecule has 0 bridgehead atoms. The lowest BCUT2D eigenvalue weighted by molar-refractivity contribution is -0.132. The van der Waals surface area contributed by atoms with E-state index >= 15 is 0 Å². The van der Waals surface area contributed by atoms with E-state index in [0.717, 1.165) is 16.7 Å². The molecule has 0 aliphatic carbocycles. The van der Waals surface area contributed by atoms with Gasteiger partial charge in [-0.05, 0) is 67.8 Å². The number of aliphatic hydroxyl groups is 1. The first-order valence-electron chi connectivity index (χ1n) is 10.6. The lowest BCUT2D eigenvalue weighted by Crippen LogP contribution is -2.30. The fourth-order valence-corrected chi connectivity index (χ4v) is 4.04. The van der Waals surface area contributed by atoms with Crippen LogP contribution in [0.3, 0.4) is 0 Å². The number of hydrogen-bond acceptors (Lipinski definition) is 4. The first-order valence-corrected chi connectivity index (χ1v) is 10.6. The van der Waals surface area contributed by atoms with Crippen molar-refractivity contribution in [1.82, 2.24) is 0 Å². The van der Waals surface area contributed by atoms with Gasteiger partial charge in [0.05, 0.1) is 18.2 Å². The van der Waals surface area contributed by atoms with E-state index in [0.29, 0.717) is 23.6 Å². The molecule has 3 aromatic rings. The number of rotatable bonds is 5. The number of hydrogen-bond donors (Lipinski definition) is 1. The van der Waals surface area contributed by atoms with Crippen LogP contribution in [0.2, 0.25) is 0 Å². The van der Waals surface area contributed by atoms with Crippen LogP contribution in [0.25, 0.3) is 5.76 Å². The van der Waals surface area contributed by atoms with Crippen molar-refractivity contribution in [3.63, 3.8) is 0 Å². The molecule has 1 N–H and O–H groups in total. The van der Waals surface area contributed by atoms with Crippen molar-refractivity contribution in [1.29, 1.82) is 0 Å². The average Bonchev–Trinajstić information content (AvgIpc) is 3.07. The molecule has 1 saturated heterocycles. The number of amides is 1. The van der Waals surface area contributed by atoms with Crippen molar-refractivity contribution in [2.24, 2.45) is 0 Å². The van der Waals surface area contributed by atoms with Crippen LogP contribution in [0.15, 0.2) is 78.4 Å². The molecule has 0 radical (unpaired) electrons. The van der Waals surface area contributed by atoms with Crippen molar-refractivity contribution >= 4 is 23.1 Å². The SMILES string of the molecule is CCOc1ccc(/C(O)=C2\C(=O)C(=O)N(c3cc(C)ccc3C)C2c2ccccc2)cc1. The molecule has 1 aliphatic heterocycles. The van der Waals surface area contributed by atoms with Crippen molar-refractivity contribution in [2.75, 3.05) is 11.5 Å². The van der Waals surface area contributed by atoms with Crippen LogP contribution in [-0.4, -0.2) is 23.4 Å². The fraction of sp³-hybridized carbons (Fsp3) is 0.185. The molecule has 5 heteroatoms. The first kappa shape index (κ1) is 21.4. The van der Waals surface area contributed by atoms with Crippen molar-refractivity contribution in [2.45, 2.75) is 26.8 Å². The van der Waals surface area contributed by atoms with E-state index in [9.17, 15) is 14.7 Å². The summed E-state index contributed by atoms with van der Waals surface area (Å²) in [4.78, 5) is 28.0. The van der Waals surface area contributed by atoms with E-state index in [2.05, 4.69) is 0 Å². The van der Waals surface area contributed by atoms with Crippen LogP contribution >= 0.6 is 0 Å². The molecule has 3 aromatic carbocycles. The Labute approximate surface area is 187 Å². The molecule has 4 rings (SSSR count). The minimum Gasteiger partial charge on any atom is -0.507 e. The van der Waals surface area contributed by atoms with Gasteiger partial charge in [0, 0.05) is 11.3 Å². The maximum atomic E-state index is 13.2. The zero-order valence-corrected chi connectivity index (χ0v) is 18.3. The Morgan fingerprint density at radius 2 is 1.66 bits per heavy atom. The number of aliphatic hydroxyl groups excluding tert-OH is 1. The van der Waals surface area contributed by atoms with Crippen molar-refractivity contribution in [3.8, 4) is 5.75 Å². The Bertz CT molecular complexity index is 1200. The molecule has 0 spiro atoms. The highest BCUT2D eigenvalue weighted by Crippen LogP contribution is 2.43. The van der Waals surface area contributed by atoms with Crippen molar-refractivity contribution < 1.29 is 19.4 Å². The summed E-state index contributed by atoms with van der Waals surface area (Å²) >= 11 is 0. The molecule has 0 aromatic heterocycles. The number of aryl methyl sites for hydroxylation is 2. The van der Waals surface area contributed by atoms with E-state index in [4.69, 9.17) is 4.74 Å². The van der Waals surface area contributed by atoms with E-state index in [-0.39, 0.29) is 11.3 Å². The first-order chi connectivity index (χ1) is 15.4. The third kappa shape index (κ3) is 3.78. The molecule has 162 valence electrons. The smallest absolute Gasteiger partial charge is 0.300 e. The van der Waals surface area contributed by atoms with Gasteiger partial charge in [0.25, 0.3) is 11.7 Å². The quantitative estimate of drug-likeness (QED) is 0.340. The fourth-order valence-electron chi connectivity index (χ4n) is 4.04. The Morgan fingerprint density at radius 1 is 0.969 bits per heavy atom. The van der Waals surface area contributed by atoms with Crippen LogP contribution in [0, 0.1) is 13.8 Å². The number of Topliss-reactive ketones (excluding diaryl/α,β-unsaturated/α-hetero) is 1. The Hall–Kier alpha value is -3.86. The highest BCUT2D eigenvalue weighted by molar-refractivity contribution is 6.51. The number of ketones is 1. The molecular formula is C27H25NO4. The van der Waals surface area contributed by atoms with Gasteiger partial charge in [-0.2, -0.15) is 0 Å². The molecule has 32 heavy (non-hydrogen) atoms. The molecule has 1 heterocycles. The number of carbonyl (C=O) groups is 2. The Balaban J connectivity index is 1.91. The van der Waals surface area contributed by atoms with Gasteiger partial charge in [0.2, 0.25) is 0 Å². The van der Waals surface area contributed by atoms with E-state index in [1.165, 1.54) is 4.90 Å². The van der Waals surface area contributed by atoms with E-state index in [1.807, 2.05) is 69.3 Å². The second kappa shape index (κ2) is 8.71. The summed E-state index contributed by atoms with van der Waals surface area (Å²) in [6, 6.07) is 21.2. The van der Waals surface area contributed by atoms with Gasteiger partial charge in [-0.25, -0.2) is 0 Å². The zero-order valence-electron chi connectivity index (χ0n) is 18.3. The van der Waals surface area contributed by atoms with Crippen LogP contribution in [0.4, 0.5) is 5.69 Å². The normalized spacial score (nSPS) is 17.6. The molecule has 1 fully saturated rings. The highest BCUT2D eigenvalue weighted by Gasteiger charge is 2.47. The van der Waals surface area contributed by atoms with E-state index in [1.54, 1.807) is 24.3 Å². The van der Waals surface area contributed by atoms with Gasteiger partial charge < -0.3 is 9.84 Å². The van der Waals surface area contributed by atoms with Gasteiger partial charge in [0.1, 0.15) is 11.5 Å². The second-order valence-electron chi connectivity index (χ2n) is 7.83. The van der Waals surface area contributed by atoms with Crippen LogP contribution in [-0.2, 0) is 9.59 Å². The molecule has 1 aliphatic rings. The molecular weight excluding hydrogens is 402 g/mol. The summed E-state index contributed by atoms with van der Waals surface area (Å²) in [7, 11) is 0. The summed E-state index contributed by atoms with van der Waals surface area (Å²) in [6.45, 7) is 6.27. The van der Waals surface area contributed by atoms with E-state index < -0.39 is 17.7 Å². The molecule has 1 amide bonds. The number of nitrogens with zero attached hydrogens (tertiary/aromatic N) is 1. The average molecular weight is 428 g/mol. The second-order valence-corrected chi connectivity index (χ2v) is 7.83. The van der Waals surface area contributed by atoms with Gasteiger partial charge in [-0.15, -0.1) is 0 Å². The summed E-state index contributed by atoms with van der Waals surface area (Å²) in [5, 5.41) is 11.2. The maximum absolute atomic E-state index is 13.2. The largest absolute Gasteiger partial charge is 0.507 e. The minimum atomic E-state index is -0.733. The highest BCUT2D eigenvalue weighted by atomic mass is 16.5. The van der Waals surface area contributed by atoms with Gasteiger partial charge >= 0.3 is 0 Å². The lowest BCUT2D eigenvalue weighted by Gasteiger charge is -2.27. The molecule has 1 atom stereocenters. The third-order valence-corrected chi connectivity index (χ3v) is 5.62. The molecule has 5 nitrogen and oxygen atoms in total. The lowest BCUT2D eigenvalue weighted by atomic mass is 9.95. The Morgan fingerprint density at radius 3 is 2.31 bits per heavy atom. The summed E-state index contributed by atoms with van der Waals surface area (Å²) < 4.78 is 5.47. The topological polar surface area (TPSA) is 66.8 Å². The van der Waals surface area contributed by atoms with Crippen LogP contribution in [0.5, 0.6) is 5.75 Å². The van der Waals surface area contributed by atoms with Crippen LogP contribution < -0.4 is 9.64 Å². The van der Waals surface area contributed by atoms with Gasteiger partial charge in [0.15, 0.2) is 0 Å².